The van der Waals surface area contributed by atoms with E-state index in [1.54, 1.807) is 48.6 Å². The van der Waals surface area contributed by atoms with Crippen LogP contribution in [0, 0.1) is 0 Å². The van der Waals surface area contributed by atoms with Gasteiger partial charge in [-0.1, -0.05) is 67.0 Å². The molecule has 54 heavy (non-hydrogen) atoms. The lowest BCUT2D eigenvalue weighted by molar-refractivity contribution is -0.777. The molecule has 1 aliphatic carbocycles. The number of rotatable bonds is 21. The molecule has 2 atom stereocenters. The summed E-state index contributed by atoms with van der Waals surface area (Å²) < 4.78 is 111. The molecule has 1 N–H and O–H groups in total. The molecule has 0 spiro atoms. The van der Waals surface area contributed by atoms with Crippen molar-refractivity contribution < 1.29 is 68.0 Å². The van der Waals surface area contributed by atoms with Gasteiger partial charge in [-0.25, -0.2) is 25.3 Å². The number of carbonyl (C=O) groups is 1. The predicted octanol–water partition coefficient (Wildman–Crippen LogP) is 4.17. The zero-order valence-electron chi connectivity index (χ0n) is 28.9. The molecular weight excluding hydrogens is 807 g/mol. The quantitative estimate of drug-likeness (QED) is 0.0300. The van der Waals surface area contributed by atoms with E-state index in [4.69, 9.17) is 5.11 Å². The van der Waals surface area contributed by atoms with Gasteiger partial charge in [-0.05, 0) is 61.1 Å². The summed E-state index contributed by atoms with van der Waals surface area (Å²) in [5, 5.41) is 23.5. The van der Waals surface area contributed by atoms with E-state index in [-0.39, 0.29) is 32.2 Å². The summed E-state index contributed by atoms with van der Waals surface area (Å²) >= 11 is 2.07. The molecule has 4 rings (SSSR count). The zero-order chi connectivity index (χ0) is 39.7. The van der Waals surface area contributed by atoms with Gasteiger partial charge in [0, 0.05) is 52.7 Å². The van der Waals surface area contributed by atoms with Crippen LogP contribution in [0.1, 0.15) is 80.3 Å². The van der Waals surface area contributed by atoms with Gasteiger partial charge in [-0.15, -0.1) is 0 Å². The molecule has 0 amide bonds. The maximum atomic E-state index is 12.0. The van der Waals surface area contributed by atoms with Crippen LogP contribution in [-0.4, -0.2) is 61.5 Å². The first kappa shape index (κ1) is 43.7. The van der Waals surface area contributed by atoms with Crippen molar-refractivity contribution >= 4 is 76.0 Å². The second kappa shape index (κ2) is 18.7. The van der Waals surface area contributed by atoms with Gasteiger partial charge in [-0.3, -0.25) is 9.83 Å². The fraction of sp³-hybridized carbons (Fsp3) is 0.412. The van der Waals surface area contributed by atoms with Gasteiger partial charge < -0.3 is 24.0 Å². The van der Waals surface area contributed by atoms with Crippen molar-refractivity contribution in [3.63, 3.8) is 0 Å². The van der Waals surface area contributed by atoms with E-state index in [1.807, 2.05) is 17.6 Å². The molecule has 296 valence electrons. The van der Waals surface area contributed by atoms with Crippen molar-refractivity contribution in [3.8, 4) is 0 Å². The molecular formula is C34H38NO14S5-3. The normalized spacial score (nSPS) is 18.8. The summed E-state index contributed by atoms with van der Waals surface area (Å²) in [6, 6.07) is 9.30. The Hall–Kier alpha value is -3.02. The minimum atomic E-state index is -4.82. The standard InChI is InChI=1S/C34H41NO14S5/c1-34(18-7-3-6-13-33(36)37)28(26(10-8-20-52(39,40)41)27-16-15-25(23-29(27)34)54(45,46)47)11-4-2-5-12-32-35(19-9-21-53(42,43)44)30-17-14-24(51-49-48-38)22-31(30)50-32/h2,4-5,11-12,14-17,22-23,26H,3,6-10,13,18-21H2,1H3,(H4-,36,37,38,39,40,41,42,43,44,45,46,47)/p-3/b4-2+,12-5+,28-11+. The Labute approximate surface area is 322 Å². The van der Waals surface area contributed by atoms with E-state index in [9.17, 15) is 49.0 Å². The van der Waals surface area contributed by atoms with Crippen molar-refractivity contribution in [2.45, 2.75) is 86.0 Å². The highest BCUT2D eigenvalue weighted by Crippen LogP contribution is 2.55. The molecule has 1 heterocycles. The van der Waals surface area contributed by atoms with Gasteiger partial charge in [0.25, 0.3) is 5.01 Å². The number of hydrogen-bond acceptors (Lipinski definition) is 15. The topological polar surface area (TPSA) is 254 Å². The third-order valence-electron chi connectivity index (χ3n) is 9.12. The number of carboxylic acid groups (broad SMARTS) is 1. The maximum Gasteiger partial charge on any atom is 0.303 e. The molecule has 15 nitrogen and oxygen atoms in total. The first-order valence-electron chi connectivity index (χ1n) is 16.7. The summed E-state index contributed by atoms with van der Waals surface area (Å²) in [5.74, 6) is -2.50. The average molecular weight is 845 g/mol. The Bertz CT molecular complexity index is 2250. The first-order chi connectivity index (χ1) is 25.3. The smallest absolute Gasteiger partial charge is 0.303 e. The molecule has 0 saturated carbocycles. The Morgan fingerprint density at radius 3 is 2.33 bits per heavy atom. The van der Waals surface area contributed by atoms with E-state index in [2.05, 4.69) is 9.37 Å². The van der Waals surface area contributed by atoms with Crippen molar-refractivity contribution in [1.29, 1.82) is 0 Å². The Morgan fingerprint density at radius 2 is 1.67 bits per heavy atom. The van der Waals surface area contributed by atoms with Crippen LogP contribution in [0.3, 0.4) is 0 Å². The summed E-state index contributed by atoms with van der Waals surface area (Å²) in [6.07, 6.45) is 11.2. The van der Waals surface area contributed by atoms with E-state index >= 15 is 0 Å². The highest BCUT2D eigenvalue weighted by molar-refractivity contribution is 7.94. The van der Waals surface area contributed by atoms with Crippen molar-refractivity contribution in [2.75, 3.05) is 11.5 Å². The van der Waals surface area contributed by atoms with Gasteiger partial charge in [0.05, 0.1) is 37.2 Å². The van der Waals surface area contributed by atoms with Gasteiger partial charge >= 0.3 is 5.97 Å². The first-order valence-corrected chi connectivity index (χ1v) is 22.8. The Kier molecular flexibility index (Phi) is 15.2. The number of aryl methyl sites for hydroxylation is 1. The van der Waals surface area contributed by atoms with E-state index in [0.29, 0.717) is 58.8 Å². The second-order valence-corrected chi connectivity index (χ2v) is 19.1. The maximum absolute atomic E-state index is 12.0. The molecule has 3 aromatic rings. The minimum Gasteiger partial charge on any atom is -0.748 e. The molecule has 0 fully saturated rings. The van der Waals surface area contributed by atoms with Gasteiger partial charge in [-0.2, -0.15) is 8.90 Å². The monoisotopic (exact) mass is 844 g/mol. The average Bonchev–Trinajstić information content (AvgIpc) is 3.52. The molecule has 2 unspecified atom stereocenters. The fourth-order valence-corrected chi connectivity index (χ4v) is 9.88. The highest BCUT2D eigenvalue weighted by atomic mass is 32.2. The number of fused-ring (bicyclic) bond motifs is 2. The molecule has 1 aromatic heterocycles. The SMILES string of the molecule is CC1(CCCCCC(=O)O)/C(=C/C=C/C=C/c2sc3cc(SOO[O-])ccc3[n+]2CCCS(=O)(=O)[O-])C(CCCS(=O)(=O)[O-])c2ccc(S(=O)(=O)[O-])cc21. The number of nitrogens with zero attached hydrogens (tertiary/aromatic N) is 1. The van der Waals surface area contributed by atoms with E-state index in [0.717, 1.165) is 15.8 Å². The molecule has 0 radical (unpaired) electrons. The van der Waals surface area contributed by atoms with E-state index < -0.39 is 64.1 Å². The number of hydrogen-bond donors (Lipinski definition) is 1. The van der Waals surface area contributed by atoms with E-state index in [1.165, 1.54) is 23.5 Å². The molecule has 2 aromatic carbocycles. The van der Waals surface area contributed by atoms with Crippen molar-refractivity contribution in [2.24, 2.45) is 0 Å². The largest absolute Gasteiger partial charge is 0.748 e. The Balaban J connectivity index is 1.72. The zero-order valence-corrected chi connectivity index (χ0v) is 33.0. The summed E-state index contributed by atoms with van der Waals surface area (Å²) in [4.78, 5) is 11.2. The summed E-state index contributed by atoms with van der Waals surface area (Å²) in [6.45, 7) is 2.11. The van der Waals surface area contributed by atoms with Crippen molar-refractivity contribution in [1.82, 2.24) is 0 Å². The summed E-state index contributed by atoms with van der Waals surface area (Å²) in [7, 11) is -13.8. The molecule has 0 bridgehead atoms. The number of carboxylic acids is 1. The second-order valence-electron chi connectivity index (χ2n) is 12.9. The Morgan fingerprint density at radius 1 is 0.944 bits per heavy atom. The van der Waals surface area contributed by atoms with Crippen LogP contribution in [0.2, 0.25) is 0 Å². The lowest BCUT2D eigenvalue weighted by atomic mass is 9.74. The molecule has 1 aliphatic rings. The van der Waals surface area contributed by atoms with Gasteiger partial charge in [0.2, 0.25) is 5.52 Å². The minimum absolute atomic E-state index is 0.0155. The molecule has 0 aliphatic heterocycles. The number of allylic oxidation sites excluding steroid dienone is 5. The van der Waals surface area contributed by atoms with Gasteiger partial charge in [0.15, 0.2) is 6.54 Å². The molecule has 20 heteroatoms. The van der Waals surface area contributed by atoms with Crippen LogP contribution in [-0.2, 0) is 56.5 Å². The number of benzene rings is 2. The number of aromatic nitrogens is 1. The van der Waals surface area contributed by atoms with Crippen LogP contribution >= 0.6 is 23.4 Å². The van der Waals surface area contributed by atoms with Crippen LogP contribution in [0.25, 0.3) is 16.3 Å². The predicted molar refractivity (Wildman–Crippen MR) is 195 cm³/mol. The van der Waals surface area contributed by atoms with Crippen LogP contribution in [0.4, 0.5) is 0 Å². The number of unbranched alkanes of at least 4 members (excludes halogenated alkanes) is 2. The summed E-state index contributed by atoms with van der Waals surface area (Å²) in [5.41, 5.74) is 1.99. The van der Waals surface area contributed by atoms with Crippen LogP contribution in [0.5, 0.6) is 0 Å². The number of aliphatic carboxylic acids is 1. The van der Waals surface area contributed by atoms with Gasteiger partial charge in [0.1, 0.15) is 14.8 Å². The molecule has 0 saturated heterocycles. The van der Waals surface area contributed by atoms with Crippen LogP contribution in [0.15, 0.2) is 76.1 Å². The number of thiazole rings is 1. The highest BCUT2D eigenvalue weighted by Gasteiger charge is 2.44. The third-order valence-corrected chi connectivity index (χ3v) is 13.2. The fourth-order valence-electron chi connectivity index (χ4n) is 6.77. The van der Waals surface area contributed by atoms with Crippen LogP contribution < -0.4 is 9.82 Å². The van der Waals surface area contributed by atoms with Crippen molar-refractivity contribution in [3.05, 3.63) is 82.4 Å². The lowest BCUT2D eigenvalue weighted by Gasteiger charge is -2.30. The third kappa shape index (κ3) is 12.2. The lowest BCUT2D eigenvalue weighted by Crippen LogP contribution is -2.36.